The van der Waals surface area contributed by atoms with E-state index >= 15 is 0 Å². The van der Waals surface area contributed by atoms with Crippen LogP contribution < -0.4 is 5.73 Å². The van der Waals surface area contributed by atoms with E-state index in [0.29, 0.717) is 6.04 Å². The first-order valence-corrected chi connectivity index (χ1v) is 6.51. The fourth-order valence-electron chi connectivity index (χ4n) is 2.35. The third-order valence-corrected chi connectivity index (χ3v) is 3.43. The number of likely N-dealkylation sites (N-methyl/N-ethyl adjacent to an activating group) is 1. The maximum atomic E-state index is 5.83. The molecule has 94 valence electrons. The number of unbranched alkanes of at least 4 members (excludes halogenated alkanes) is 3. The summed E-state index contributed by atoms with van der Waals surface area (Å²) in [5.41, 5.74) is 5.83. The van der Waals surface area contributed by atoms with Crippen LogP contribution in [0.4, 0.5) is 0 Å². The van der Waals surface area contributed by atoms with Crippen molar-refractivity contribution in [1.29, 1.82) is 0 Å². The molecule has 0 spiro atoms. The zero-order valence-corrected chi connectivity index (χ0v) is 10.7. The molecule has 1 saturated heterocycles. The van der Waals surface area contributed by atoms with Gasteiger partial charge in [-0.1, -0.05) is 12.5 Å². The summed E-state index contributed by atoms with van der Waals surface area (Å²) >= 11 is 0. The Balaban J connectivity index is 2.16. The molecule has 0 aliphatic carbocycles. The lowest BCUT2D eigenvalue weighted by Gasteiger charge is -2.39. The molecule has 0 amide bonds. The summed E-state index contributed by atoms with van der Waals surface area (Å²) in [6.07, 6.45) is 7.07. The van der Waals surface area contributed by atoms with Gasteiger partial charge in [0.2, 0.25) is 0 Å². The van der Waals surface area contributed by atoms with Gasteiger partial charge in [-0.15, -0.1) is 6.58 Å². The molecule has 3 nitrogen and oxygen atoms in total. The van der Waals surface area contributed by atoms with Crippen LogP contribution in [0.5, 0.6) is 0 Å². The van der Waals surface area contributed by atoms with Gasteiger partial charge in [-0.3, -0.25) is 4.90 Å². The minimum Gasteiger partial charge on any atom is -0.329 e. The molecule has 1 aliphatic heterocycles. The van der Waals surface area contributed by atoms with Gasteiger partial charge in [0.15, 0.2) is 0 Å². The predicted octanol–water partition coefficient (Wildman–Crippen LogP) is 1.31. The SMILES string of the molecule is C=CCCCCCN1CCN(C)CC1CN. The van der Waals surface area contributed by atoms with Gasteiger partial charge in [0.05, 0.1) is 0 Å². The van der Waals surface area contributed by atoms with Crippen molar-refractivity contribution in [2.45, 2.75) is 31.7 Å². The van der Waals surface area contributed by atoms with Crippen molar-refractivity contribution in [1.82, 2.24) is 9.80 Å². The van der Waals surface area contributed by atoms with E-state index in [0.717, 1.165) is 19.5 Å². The second-order valence-electron chi connectivity index (χ2n) is 4.83. The molecule has 16 heavy (non-hydrogen) atoms. The monoisotopic (exact) mass is 225 g/mol. The normalized spacial score (nSPS) is 23.5. The Bertz CT molecular complexity index is 194. The topological polar surface area (TPSA) is 32.5 Å². The van der Waals surface area contributed by atoms with E-state index in [1.807, 2.05) is 6.08 Å². The lowest BCUT2D eigenvalue weighted by Crippen LogP contribution is -2.54. The Kier molecular flexibility index (Phi) is 6.69. The molecule has 0 radical (unpaired) electrons. The van der Waals surface area contributed by atoms with E-state index in [1.165, 1.54) is 38.9 Å². The van der Waals surface area contributed by atoms with E-state index in [4.69, 9.17) is 5.73 Å². The van der Waals surface area contributed by atoms with Gasteiger partial charge >= 0.3 is 0 Å². The largest absolute Gasteiger partial charge is 0.329 e. The average molecular weight is 225 g/mol. The Labute approximate surface area is 100 Å². The Morgan fingerprint density at radius 2 is 2.12 bits per heavy atom. The van der Waals surface area contributed by atoms with Crippen molar-refractivity contribution in [3.8, 4) is 0 Å². The highest BCUT2D eigenvalue weighted by Crippen LogP contribution is 2.10. The van der Waals surface area contributed by atoms with Gasteiger partial charge in [0.25, 0.3) is 0 Å². The average Bonchev–Trinajstić information content (AvgIpc) is 2.30. The molecule has 1 unspecified atom stereocenters. The van der Waals surface area contributed by atoms with Gasteiger partial charge in [-0.05, 0) is 32.9 Å². The van der Waals surface area contributed by atoms with Crippen molar-refractivity contribution in [3.05, 3.63) is 12.7 Å². The van der Waals surface area contributed by atoms with Crippen molar-refractivity contribution < 1.29 is 0 Å². The number of hydrogen-bond donors (Lipinski definition) is 1. The minimum atomic E-state index is 0.568. The van der Waals surface area contributed by atoms with Crippen LogP contribution in [-0.2, 0) is 0 Å². The van der Waals surface area contributed by atoms with Gasteiger partial charge in [-0.2, -0.15) is 0 Å². The van der Waals surface area contributed by atoms with Crippen molar-refractivity contribution in [2.75, 3.05) is 39.8 Å². The summed E-state index contributed by atoms with van der Waals surface area (Å²) < 4.78 is 0. The van der Waals surface area contributed by atoms with E-state index in [9.17, 15) is 0 Å². The molecule has 0 aromatic heterocycles. The van der Waals surface area contributed by atoms with Crippen molar-refractivity contribution in [2.24, 2.45) is 5.73 Å². The minimum absolute atomic E-state index is 0.568. The van der Waals surface area contributed by atoms with Crippen LogP contribution in [-0.4, -0.2) is 55.6 Å². The molecule has 1 fully saturated rings. The van der Waals surface area contributed by atoms with Crippen molar-refractivity contribution in [3.63, 3.8) is 0 Å². The maximum absolute atomic E-state index is 5.83. The fraction of sp³-hybridized carbons (Fsp3) is 0.846. The molecule has 1 heterocycles. The van der Waals surface area contributed by atoms with Gasteiger partial charge in [0.1, 0.15) is 0 Å². The summed E-state index contributed by atoms with van der Waals surface area (Å²) in [6, 6.07) is 0.568. The van der Waals surface area contributed by atoms with Crippen LogP contribution in [0.3, 0.4) is 0 Å². The van der Waals surface area contributed by atoms with E-state index in [-0.39, 0.29) is 0 Å². The van der Waals surface area contributed by atoms with Crippen LogP contribution >= 0.6 is 0 Å². The third-order valence-electron chi connectivity index (χ3n) is 3.43. The smallest absolute Gasteiger partial charge is 0.0346 e. The summed E-state index contributed by atoms with van der Waals surface area (Å²) in [7, 11) is 2.18. The van der Waals surface area contributed by atoms with Crippen LogP contribution in [0.2, 0.25) is 0 Å². The highest BCUT2D eigenvalue weighted by atomic mass is 15.3. The summed E-state index contributed by atoms with van der Waals surface area (Å²) in [6.45, 7) is 9.25. The number of hydrogen-bond acceptors (Lipinski definition) is 3. The molecule has 0 bridgehead atoms. The first-order valence-electron chi connectivity index (χ1n) is 6.51. The molecular formula is C13H27N3. The van der Waals surface area contributed by atoms with Gasteiger partial charge < -0.3 is 10.6 Å². The Morgan fingerprint density at radius 1 is 1.31 bits per heavy atom. The van der Waals surface area contributed by atoms with Crippen molar-refractivity contribution >= 4 is 0 Å². The molecule has 2 N–H and O–H groups in total. The number of nitrogens with zero attached hydrogens (tertiary/aromatic N) is 2. The molecule has 0 saturated carbocycles. The molecular weight excluding hydrogens is 198 g/mol. The standard InChI is InChI=1S/C13H27N3/c1-3-4-5-6-7-8-16-10-9-15(2)12-13(16)11-14/h3,13H,1,4-12,14H2,2H3. The third kappa shape index (κ3) is 4.64. The predicted molar refractivity (Wildman–Crippen MR) is 70.6 cm³/mol. The van der Waals surface area contributed by atoms with Crippen LogP contribution in [0.25, 0.3) is 0 Å². The summed E-state index contributed by atoms with van der Waals surface area (Å²) in [5.74, 6) is 0. The molecule has 3 heteroatoms. The molecule has 1 rings (SSSR count). The molecule has 0 aromatic carbocycles. The number of piperazine rings is 1. The Morgan fingerprint density at radius 3 is 2.81 bits per heavy atom. The molecule has 1 aliphatic rings. The highest BCUT2D eigenvalue weighted by Gasteiger charge is 2.22. The van der Waals surface area contributed by atoms with E-state index in [2.05, 4.69) is 23.4 Å². The second kappa shape index (κ2) is 7.82. The Hall–Kier alpha value is -0.380. The summed E-state index contributed by atoms with van der Waals surface area (Å²) in [5, 5.41) is 0. The zero-order valence-electron chi connectivity index (χ0n) is 10.7. The zero-order chi connectivity index (χ0) is 11.8. The van der Waals surface area contributed by atoms with E-state index in [1.54, 1.807) is 0 Å². The second-order valence-corrected chi connectivity index (χ2v) is 4.83. The van der Waals surface area contributed by atoms with Gasteiger partial charge in [-0.25, -0.2) is 0 Å². The number of nitrogens with two attached hydrogens (primary N) is 1. The maximum Gasteiger partial charge on any atom is 0.0346 e. The van der Waals surface area contributed by atoms with Crippen LogP contribution in [0.15, 0.2) is 12.7 Å². The van der Waals surface area contributed by atoms with Crippen LogP contribution in [0.1, 0.15) is 25.7 Å². The quantitative estimate of drug-likeness (QED) is 0.524. The lowest BCUT2D eigenvalue weighted by atomic mass is 10.1. The molecule has 0 aromatic rings. The summed E-state index contributed by atoms with van der Waals surface area (Å²) in [4.78, 5) is 4.94. The first-order chi connectivity index (χ1) is 7.77. The fourth-order valence-corrected chi connectivity index (χ4v) is 2.35. The van der Waals surface area contributed by atoms with Gasteiger partial charge in [0, 0.05) is 32.2 Å². The molecule has 1 atom stereocenters. The highest BCUT2D eigenvalue weighted by molar-refractivity contribution is 4.81. The first kappa shape index (κ1) is 13.7. The van der Waals surface area contributed by atoms with E-state index < -0.39 is 0 Å². The number of allylic oxidation sites excluding steroid dienone is 1. The van der Waals surface area contributed by atoms with Crippen LogP contribution in [0, 0.1) is 0 Å². The number of rotatable bonds is 7. The lowest BCUT2D eigenvalue weighted by molar-refractivity contribution is 0.0927.